The Morgan fingerprint density at radius 3 is 0.759 bits per heavy atom. The summed E-state index contributed by atoms with van der Waals surface area (Å²) in [5, 5.41) is 0. The number of ether oxygens (including phenoxy) is 3. The second kappa shape index (κ2) is 69.5. The first-order chi connectivity index (χ1) is 41.0. The fourth-order valence-electron chi connectivity index (χ4n) is 9.01. The van der Waals surface area contributed by atoms with Gasteiger partial charge in [-0.3, -0.25) is 14.4 Å². The van der Waals surface area contributed by atoms with Crippen LogP contribution in [0.25, 0.3) is 0 Å². The number of hydrogen-bond donors (Lipinski definition) is 0. The molecular weight excluding hydrogens is 1020 g/mol. The summed E-state index contributed by atoms with van der Waals surface area (Å²) in [6, 6.07) is 0. The van der Waals surface area contributed by atoms with Crippen molar-refractivity contribution in [3.8, 4) is 0 Å². The summed E-state index contributed by atoms with van der Waals surface area (Å²) in [5.74, 6) is -0.961. The molecule has 0 aromatic heterocycles. The van der Waals surface area contributed by atoms with Crippen molar-refractivity contribution in [3.63, 3.8) is 0 Å². The van der Waals surface area contributed by atoms with E-state index in [9.17, 15) is 14.4 Å². The van der Waals surface area contributed by atoms with Crippen LogP contribution in [0.1, 0.15) is 290 Å². The maximum Gasteiger partial charge on any atom is 0.306 e. The van der Waals surface area contributed by atoms with Crippen LogP contribution in [-0.2, 0) is 28.6 Å². The summed E-state index contributed by atoms with van der Waals surface area (Å²) in [7, 11) is 0. The van der Waals surface area contributed by atoms with Crippen LogP contribution in [0, 0.1) is 0 Å². The van der Waals surface area contributed by atoms with Crippen molar-refractivity contribution in [1.29, 1.82) is 0 Å². The number of allylic oxidation sites excluding steroid dienone is 26. The fraction of sp³-hybridized carbons (Fsp3) is 0.623. The number of carbonyl (C=O) groups is 3. The summed E-state index contributed by atoms with van der Waals surface area (Å²) >= 11 is 0. The van der Waals surface area contributed by atoms with Gasteiger partial charge in [0.1, 0.15) is 13.2 Å². The van der Waals surface area contributed by atoms with Gasteiger partial charge < -0.3 is 14.2 Å². The predicted octanol–water partition coefficient (Wildman–Crippen LogP) is 23.7. The molecule has 0 heterocycles. The van der Waals surface area contributed by atoms with E-state index in [0.717, 1.165) is 161 Å². The van der Waals surface area contributed by atoms with Gasteiger partial charge in [0.15, 0.2) is 6.10 Å². The van der Waals surface area contributed by atoms with Crippen LogP contribution in [0.2, 0.25) is 0 Å². The first kappa shape index (κ1) is 78.0. The lowest BCUT2D eigenvalue weighted by Crippen LogP contribution is -2.30. The molecule has 0 saturated heterocycles. The van der Waals surface area contributed by atoms with Crippen molar-refractivity contribution < 1.29 is 28.6 Å². The Bertz CT molecular complexity index is 1840. The molecule has 0 radical (unpaired) electrons. The van der Waals surface area contributed by atoms with Crippen LogP contribution in [0.3, 0.4) is 0 Å². The third-order valence-electron chi connectivity index (χ3n) is 14.0. The molecule has 0 amide bonds. The average molecular weight is 1150 g/mol. The number of carbonyl (C=O) groups excluding carboxylic acids is 3. The van der Waals surface area contributed by atoms with Gasteiger partial charge in [0, 0.05) is 19.3 Å². The minimum absolute atomic E-state index is 0.105. The maximum absolute atomic E-state index is 12.9. The first-order valence-corrected chi connectivity index (χ1v) is 34.0. The monoisotopic (exact) mass is 1140 g/mol. The third kappa shape index (κ3) is 67.7. The van der Waals surface area contributed by atoms with E-state index in [4.69, 9.17) is 14.2 Å². The maximum atomic E-state index is 12.9. The van der Waals surface area contributed by atoms with Crippen LogP contribution >= 0.6 is 0 Å². The summed E-state index contributed by atoms with van der Waals surface area (Å²) in [5.41, 5.74) is 0. The zero-order valence-corrected chi connectivity index (χ0v) is 53.7. The van der Waals surface area contributed by atoms with Gasteiger partial charge in [-0.25, -0.2) is 0 Å². The van der Waals surface area contributed by atoms with E-state index in [1.54, 1.807) is 0 Å². The molecule has 468 valence electrons. The van der Waals surface area contributed by atoms with E-state index in [2.05, 4.69) is 179 Å². The van der Waals surface area contributed by atoms with Crippen LogP contribution in [-0.4, -0.2) is 37.2 Å². The minimum Gasteiger partial charge on any atom is -0.462 e. The molecular formula is C77H124O6. The molecule has 0 aliphatic carbocycles. The molecule has 0 saturated carbocycles. The summed E-state index contributed by atoms with van der Waals surface area (Å²) < 4.78 is 16.9. The number of esters is 3. The minimum atomic E-state index is -0.810. The number of rotatable bonds is 60. The highest BCUT2D eigenvalue weighted by atomic mass is 16.6. The molecule has 0 aromatic carbocycles. The van der Waals surface area contributed by atoms with E-state index in [0.29, 0.717) is 19.3 Å². The molecule has 1 atom stereocenters. The Morgan fingerprint density at radius 2 is 0.470 bits per heavy atom. The van der Waals surface area contributed by atoms with Crippen molar-refractivity contribution in [1.82, 2.24) is 0 Å². The molecule has 0 rings (SSSR count). The van der Waals surface area contributed by atoms with E-state index in [1.807, 2.05) is 0 Å². The topological polar surface area (TPSA) is 78.9 Å². The van der Waals surface area contributed by atoms with Crippen LogP contribution in [0.4, 0.5) is 0 Å². The molecule has 1 unspecified atom stereocenters. The van der Waals surface area contributed by atoms with E-state index >= 15 is 0 Å². The van der Waals surface area contributed by atoms with Crippen LogP contribution in [0.5, 0.6) is 0 Å². The number of hydrogen-bond acceptors (Lipinski definition) is 6. The van der Waals surface area contributed by atoms with Gasteiger partial charge in [0.05, 0.1) is 0 Å². The van der Waals surface area contributed by atoms with Crippen molar-refractivity contribution in [3.05, 3.63) is 158 Å². The van der Waals surface area contributed by atoms with Gasteiger partial charge in [-0.2, -0.15) is 0 Å². The zero-order valence-electron chi connectivity index (χ0n) is 53.7. The summed E-state index contributed by atoms with van der Waals surface area (Å²) in [6.45, 7) is 6.37. The molecule has 83 heavy (non-hydrogen) atoms. The van der Waals surface area contributed by atoms with Crippen LogP contribution in [0.15, 0.2) is 158 Å². The Kier molecular flexibility index (Phi) is 65.4. The van der Waals surface area contributed by atoms with Gasteiger partial charge in [-0.1, -0.05) is 301 Å². The molecule has 0 spiro atoms. The molecule has 0 fully saturated rings. The lowest BCUT2D eigenvalue weighted by Gasteiger charge is -2.18. The third-order valence-corrected chi connectivity index (χ3v) is 14.0. The molecule has 0 aliphatic heterocycles. The van der Waals surface area contributed by atoms with Gasteiger partial charge in [0.25, 0.3) is 0 Å². The second-order valence-electron chi connectivity index (χ2n) is 22.0. The summed E-state index contributed by atoms with van der Waals surface area (Å²) in [4.78, 5) is 38.4. The zero-order chi connectivity index (χ0) is 59.9. The SMILES string of the molecule is CC/C=C\C/C=C\C/C=C\C/C=C\C/C=C\C/C=C\C/C=C\C/C=C\C/C=C\CCCCCCCC(=O)OCC(COC(=O)CCCC/C=C\C/C=C\C/C=C\C/C=C\CC)OC(=O)CCCCCCCCCCCCCCCCCCC. The lowest BCUT2D eigenvalue weighted by molar-refractivity contribution is -0.167. The smallest absolute Gasteiger partial charge is 0.306 e. The van der Waals surface area contributed by atoms with Crippen LogP contribution < -0.4 is 0 Å². The summed E-state index contributed by atoms with van der Waals surface area (Å²) in [6.07, 6.45) is 101. The average Bonchev–Trinajstić information content (AvgIpc) is 3.49. The quantitative estimate of drug-likeness (QED) is 0.0261. The Morgan fingerprint density at radius 1 is 0.253 bits per heavy atom. The molecule has 0 aromatic rings. The van der Waals surface area contributed by atoms with Gasteiger partial charge in [-0.05, 0) is 128 Å². The Balaban J connectivity index is 4.39. The lowest BCUT2D eigenvalue weighted by atomic mass is 10.0. The molecule has 0 aliphatic rings. The van der Waals surface area contributed by atoms with Gasteiger partial charge in [-0.15, -0.1) is 0 Å². The molecule has 0 N–H and O–H groups in total. The normalized spacial score (nSPS) is 13.1. The number of unbranched alkanes of at least 4 members (excludes halogenated alkanes) is 23. The van der Waals surface area contributed by atoms with E-state index < -0.39 is 6.10 Å². The Labute approximate surface area is 511 Å². The van der Waals surface area contributed by atoms with E-state index in [-0.39, 0.29) is 31.1 Å². The molecule has 6 heteroatoms. The van der Waals surface area contributed by atoms with Gasteiger partial charge >= 0.3 is 17.9 Å². The largest absolute Gasteiger partial charge is 0.462 e. The Hall–Kier alpha value is -4.97. The standard InChI is InChI=1S/C77H124O6/c1-4-7-10-13-16-19-22-25-28-30-31-32-33-34-35-36-37-38-39-40-41-42-43-44-45-47-49-52-55-58-61-64-67-70-76(79)82-73-74(72-81-75(78)69-66-63-60-57-54-51-48-27-24-21-18-15-12-9-6-3)83-77(80)71-68-65-62-59-56-53-50-46-29-26-23-20-17-14-11-8-5-2/h7,9-10,12,16,18-19,21,25,27-28,31-32,34-35,37-38,40-41,43-44,47-49,54,57,74H,4-6,8,11,13-15,17,20,22-24,26,29-30,33,36,39,42,45-46,50-53,55-56,58-73H2,1-3H3/b10-7-,12-9-,19-16-,21-18-,28-25-,32-31-,35-34-,38-37-,41-40-,44-43-,48-27-,49-47-,57-54-. The molecule has 0 bridgehead atoms. The highest BCUT2D eigenvalue weighted by Gasteiger charge is 2.19. The second-order valence-corrected chi connectivity index (χ2v) is 22.0. The van der Waals surface area contributed by atoms with Crippen molar-refractivity contribution in [2.24, 2.45) is 0 Å². The highest BCUT2D eigenvalue weighted by Crippen LogP contribution is 2.16. The fourth-order valence-corrected chi connectivity index (χ4v) is 9.01. The van der Waals surface area contributed by atoms with Crippen molar-refractivity contribution in [2.45, 2.75) is 297 Å². The van der Waals surface area contributed by atoms with E-state index in [1.165, 1.54) is 89.9 Å². The van der Waals surface area contributed by atoms with Crippen molar-refractivity contribution >= 4 is 17.9 Å². The van der Waals surface area contributed by atoms with Gasteiger partial charge in [0.2, 0.25) is 0 Å². The highest BCUT2D eigenvalue weighted by molar-refractivity contribution is 5.71. The predicted molar refractivity (Wildman–Crippen MR) is 362 cm³/mol. The van der Waals surface area contributed by atoms with Crippen molar-refractivity contribution in [2.75, 3.05) is 13.2 Å². The molecule has 6 nitrogen and oxygen atoms in total. The first-order valence-electron chi connectivity index (χ1n) is 34.0.